The molecule has 0 saturated heterocycles. The zero-order valence-corrected chi connectivity index (χ0v) is 8.41. The maximum absolute atomic E-state index is 13.4. The number of pyridine rings is 1. The Morgan fingerprint density at radius 2 is 2.12 bits per heavy atom. The van der Waals surface area contributed by atoms with E-state index in [0.29, 0.717) is 5.39 Å². The molecule has 1 aromatic heterocycles. The molecule has 0 spiro atoms. The van der Waals surface area contributed by atoms with E-state index in [0.717, 1.165) is 0 Å². The number of H-pyrrole nitrogens is 1. The molecule has 0 fully saturated rings. The SMILES string of the molecule is COC(=O)c1cccc2c(F)c(=O)[nH]cc12. The van der Waals surface area contributed by atoms with E-state index in [2.05, 4.69) is 9.72 Å². The Hall–Kier alpha value is -2.17. The van der Waals surface area contributed by atoms with Crippen molar-refractivity contribution in [1.82, 2.24) is 4.98 Å². The summed E-state index contributed by atoms with van der Waals surface area (Å²) < 4.78 is 18.0. The van der Waals surface area contributed by atoms with Crippen LogP contribution in [0.25, 0.3) is 10.8 Å². The average Bonchev–Trinajstić information content (AvgIpc) is 2.32. The Balaban J connectivity index is 2.85. The molecule has 4 nitrogen and oxygen atoms in total. The topological polar surface area (TPSA) is 59.2 Å². The van der Waals surface area contributed by atoms with Crippen molar-refractivity contribution in [3.63, 3.8) is 0 Å². The van der Waals surface area contributed by atoms with Crippen molar-refractivity contribution in [1.29, 1.82) is 0 Å². The number of fused-ring (bicyclic) bond motifs is 1. The third kappa shape index (κ3) is 1.46. The van der Waals surface area contributed by atoms with Crippen LogP contribution in [0.1, 0.15) is 10.4 Å². The number of methoxy groups -OCH3 is 1. The summed E-state index contributed by atoms with van der Waals surface area (Å²) in [4.78, 5) is 24.6. The number of aromatic amines is 1. The van der Waals surface area contributed by atoms with Crippen molar-refractivity contribution in [2.75, 3.05) is 7.11 Å². The molecule has 2 aromatic rings. The molecule has 16 heavy (non-hydrogen) atoms. The minimum Gasteiger partial charge on any atom is -0.465 e. The summed E-state index contributed by atoms with van der Waals surface area (Å²) in [6.07, 6.45) is 1.30. The van der Waals surface area contributed by atoms with Gasteiger partial charge in [0.25, 0.3) is 5.56 Å². The highest BCUT2D eigenvalue weighted by molar-refractivity contribution is 6.04. The number of carbonyl (C=O) groups excluding carboxylic acids is 1. The molecular formula is C11H8FNO3. The molecule has 0 aliphatic rings. The van der Waals surface area contributed by atoms with Crippen molar-refractivity contribution in [2.24, 2.45) is 0 Å². The first-order valence-electron chi connectivity index (χ1n) is 4.53. The molecule has 0 bridgehead atoms. The van der Waals surface area contributed by atoms with Gasteiger partial charge in [0.1, 0.15) is 0 Å². The van der Waals surface area contributed by atoms with Crippen LogP contribution in [0, 0.1) is 5.82 Å². The lowest BCUT2D eigenvalue weighted by molar-refractivity contribution is 0.0603. The summed E-state index contributed by atoms with van der Waals surface area (Å²) in [5.41, 5.74) is -0.593. The van der Waals surface area contributed by atoms with E-state index in [1.165, 1.54) is 31.5 Å². The zero-order valence-electron chi connectivity index (χ0n) is 8.41. The van der Waals surface area contributed by atoms with Gasteiger partial charge >= 0.3 is 5.97 Å². The van der Waals surface area contributed by atoms with Crippen LogP contribution in [-0.2, 0) is 4.74 Å². The van der Waals surface area contributed by atoms with Crippen molar-refractivity contribution in [3.8, 4) is 0 Å². The molecule has 2 rings (SSSR count). The molecule has 5 heteroatoms. The molecule has 82 valence electrons. The molecule has 0 radical (unpaired) electrons. The van der Waals surface area contributed by atoms with E-state index in [-0.39, 0.29) is 10.9 Å². The number of nitrogens with one attached hydrogen (secondary N) is 1. The zero-order chi connectivity index (χ0) is 11.7. The van der Waals surface area contributed by atoms with Crippen LogP contribution in [0.2, 0.25) is 0 Å². The number of rotatable bonds is 1. The van der Waals surface area contributed by atoms with E-state index in [9.17, 15) is 14.0 Å². The van der Waals surface area contributed by atoms with E-state index < -0.39 is 17.3 Å². The highest BCUT2D eigenvalue weighted by Crippen LogP contribution is 2.19. The van der Waals surface area contributed by atoms with Crippen LogP contribution in [0.15, 0.2) is 29.2 Å². The summed E-state index contributed by atoms with van der Waals surface area (Å²) >= 11 is 0. The minimum atomic E-state index is -0.900. The molecule has 0 saturated carbocycles. The number of carbonyl (C=O) groups is 1. The Morgan fingerprint density at radius 1 is 1.38 bits per heavy atom. The van der Waals surface area contributed by atoms with E-state index in [1.54, 1.807) is 0 Å². The largest absolute Gasteiger partial charge is 0.465 e. The van der Waals surface area contributed by atoms with Gasteiger partial charge in [0.2, 0.25) is 0 Å². The summed E-state index contributed by atoms with van der Waals surface area (Å²) in [5.74, 6) is -1.47. The standard InChI is InChI=1S/C11H8FNO3/c1-16-11(15)7-4-2-3-6-8(7)5-13-10(14)9(6)12/h2-5H,1H3,(H,13,14). The van der Waals surface area contributed by atoms with Gasteiger partial charge in [-0.1, -0.05) is 12.1 Å². The first kappa shape index (κ1) is 10.4. The number of halogens is 1. The normalized spacial score (nSPS) is 10.4. The van der Waals surface area contributed by atoms with Crippen LogP contribution in [0.3, 0.4) is 0 Å². The molecule has 0 aliphatic carbocycles. The fourth-order valence-electron chi connectivity index (χ4n) is 1.52. The number of aromatic nitrogens is 1. The highest BCUT2D eigenvalue weighted by atomic mass is 19.1. The van der Waals surface area contributed by atoms with Crippen LogP contribution >= 0.6 is 0 Å². The first-order chi connectivity index (χ1) is 7.65. The van der Waals surface area contributed by atoms with Gasteiger partial charge in [-0.25, -0.2) is 9.18 Å². The summed E-state index contributed by atoms with van der Waals surface area (Å²) in [6.45, 7) is 0. The van der Waals surface area contributed by atoms with Crippen LogP contribution in [0.5, 0.6) is 0 Å². The van der Waals surface area contributed by atoms with Gasteiger partial charge in [0.05, 0.1) is 12.7 Å². The number of hydrogen-bond acceptors (Lipinski definition) is 3. The molecule has 0 unspecified atom stereocenters. The second kappa shape index (κ2) is 3.77. The van der Waals surface area contributed by atoms with Crippen LogP contribution < -0.4 is 5.56 Å². The van der Waals surface area contributed by atoms with Gasteiger partial charge < -0.3 is 9.72 Å². The second-order valence-corrected chi connectivity index (χ2v) is 3.19. The molecule has 0 aliphatic heterocycles. The van der Waals surface area contributed by atoms with Gasteiger partial charge in [0, 0.05) is 17.0 Å². The third-order valence-corrected chi connectivity index (χ3v) is 2.29. The smallest absolute Gasteiger partial charge is 0.338 e. The Morgan fingerprint density at radius 3 is 2.81 bits per heavy atom. The van der Waals surface area contributed by atoms with Gasteiger partial charge in [-0.2, -0.15) is 0 Å². The third-order valence-electron chi connectivity index (χ3n) is 2.29. The maximum atomic E-state index is 13.4. The van der Waals surface area contributed by atoms with E-state index in [1.807, 2.05) is 0 Å². The fraction of sp³-hybridized carbons (Fsp3) is 0.0909. The van der Waals surface area contributed by atoms with Gasteiger partial charge in [-0.05, 0) is 6.07 Å². The van der Waals surface area contributed by atoms with Crippen molar-refractivity contribution >= 4 is 16.7 Å². The Kier molecular flexibility index (Phi) is 2.44. The Labute approximate surface area is 89.7 Å². The number of benzene rings is 1. The maximum Gasteiger partial charge on any atom is 0.338 e. The van der Waals surface area contributed by atoms with Gasteiger partial charge in [-0.15, -0.1) is 0 Å². The monoisotopic (exact) mass is 221 g/mol. The van der Waals surface area contributed by atoms with Crippen LogP contribution in [-0.4, -0.2) is 18.1 Å². The van der Waals surface area contributed by atoms with Crippen molar-refractivity contribution < 1.29 is 13.9 Å². The summed E-state index contributed by atoms with van der Waals surface area (Å²) in [5, 5.41) is 0.429. The Bertz CT molecular complexity index is 618. The molecule has 1 heterocycles. The quantitative estimate of drug-likeness (QED) is 0.741. The van der Waals surface area contributed by atoms with E-state index >= 15 is 0 Å². The second-order valence-electron chi connectivity index (χ2n) is 3.19. The highest BCUT2D eigenvalue weighted by Gasteiger charge is 2.13. The summed E-state index contributed by atoms with van der Waals surface area (Å²) in [7, 11) is 1.24. The molecule has 0 atom stereocenters. The number of ether oxygens (including phenoxy) is 1. The fourth-order valence-corrected chi connectivity index (χ4v) is 1.52. The van der Waals surface area contributed by atoms with Gasteiger partial charge in [-0.3, -0.25) is 4.79 Å². The lowest BCUT2D eigenvalue weighted by atomic mass is 10.1. The predicted octanol–water partition coefficient (Wildman–Crippen LogP) is 1.45. The molecule has 1 aromatic carbocycles. The lowest BCUT2D eigenvalue weighted by Gasteiger charge is -2.04. The number of esters is 1. The van der Waals surface area contributed by atoms with Gasteiger partial charge in [0.15, 0.2) is 5.82 Å². The molecule has 1 N–H and O–H groups in total. The summed E-state index contributed by atoms with van der Waals surface area (Å²) in [6, 6.07) is 4.44. The molecular weight excluding hydrogens is 213 g/mol. The predicted molar refractivity (Wildman–Crippen MR) is 55.9 cm³/mol. The van der Waals surface area contributed by atoms with E-state index in [4.69, 9.17) is 0 Å². The molecule has 0 amide bonds. The average molecular weight is 221 g/mol. The lowest BCUT2D eigenvalue weighted by Crippen LogP contribution is -2.11. The van der Waals surface area contributed by atoms with Crippen molar-refractivity contribution in [3.05, 3.63) is 46.1 Å². The number of hydrogen-bond donors (Lipinski definition) is 1. The van der Waals surface area contributed by atoms with Crippen LogP contribution in [0.4, 0.5) is 4.39 Å². The first-order valence-corrected chi connectivity index (χ1v) is 4.53. The minimum absolute atomic E-state index is 0.103. The van der Waals surface area contributed by atoms with Crippen molar-refractivity contribution in [2.45, 2.75) is 0 Å².